The molecule has 1 saturated heterocycles. The van der Waals surface area contributed by atoms with Gasteiger partial charge in [0.2, 0.25) is 0 Å². The molecule has 1 saturated carbocycles. The second-order valence-corrected chi connectivity index (χ2v) is 6.06. The fourth-order valence-electron chi connectivity index (χ4n) is 3.21. The Morgan fingerprint density at radius 3 is 2.60 bits per heavy atom. The first-order valence-electron chi connectivity index (χ1n) is 6.74. The van der Waals surface area contributed by atoms with Crippen LogP contribution in [0, 0.1) is 11.8 Å². The van der Waals surface area contributed by atoms with Crippen LogP contribution in [0.1, 0.15) is 12.8 Å². The first-order chi connectivity index (χ1) is 9.63. The summed E-state index contributed by atoms with van der Waals surface area (Å²) in [6.45, 7) is 1.51. The Balaban J connectivity index is 1.76. The predicted molar refractivity (Wildman–Crippen MR) is 74.1 cm³/mol. The van der Waals surface area contributed by atoms with Crippen LogP contribution in [0.4, 0.5) is 4.79 Å². The van der Waals surface area contributed by atoms with Crippen molar-refractivity contribution in [2.75, 3.05) is 13.1 Å². The molecule has 1 aromatic heterocycles. The number of likely N-dealkylation sites (tertiary alicyclic amines) is 1. The van der Waals surface area contributed by atoms with Gasteiger partial charge in [-0.1, -0.05) is 11.6 Å². The van der Waals surface area contributed by atoms with Gasteiger partial charge in [-0.3, -0.25) is 0 Å². The fraction of sp³-hybridized carbons (Fsp3) is 0.429. The quantitative estimate of drug-likeness (QED) is 0.750. The van der Waals surface area contributed by atoms with Crippen molar-refractivity contribution in [3.8, 4) is 0 Å². The summed E-state index contributed by atoms with van der Waals surface area (Å²) in [7, 11) is 0. The van der Waals surface area contributed by atoms with E-state index >= 15 is 0 Å². The molecule has 2 heterocycles. The molecule has 0 radical (unpaired) electrons. The zero-order chi connectivity index (χ0) is 13.9. The van der Waals surface area contributed by atoms with E-state index in [4.69, 9.17) is 16.1 Å². The molecule has 2 atom stereocenters. The van der Waals surface area contributed by atoms with Gasteiger partial charge < -0.3 is 9.42 Å². The van der Waals surface area contributed by atoms with Crippen LogP contribution in [0.2, 0.25) is 5.02 Å². The van der Waals surface area contributed by atoms with Gasteiger partial charge in [0.1, 0.15) is 5.52 Å². The molecule has 1 aliphatic carbocycles. The van der Waals surface area contributed by atoms with Gasteiger partial charge in [0.15, 0.2) is 0 Å². The van der Waals surface area contributed by atoms with Crippen molar-refractivity contribution in [3.05, 3.63) is 33.6 Å². The number of amides is 1. The fourth-order valence-corrected chi connectivity index (χ4v) is 3.38. The normalized spacial score (nSPS) is 24.8. The minimum Gasteiger partial charge on any atom is -0.326 e. The molecule has 0 bridgehead atoms. The Bertz CT molecular complexity index is 751. The molecule has 1 aliphatic heterocycles. The molecule has 4 rings (SSSR count). The lowest BCUT2D eigenvalue weighted by atomic mass is 9.77. The number of benzene rings is 1. The van der Waals surface area contributed by atoms with Crippen LogP contribution in [-0.2, 0) is 0 Å². The molecule has 0 N–H and O–H groups in total. The van der Waals surface area contributed by atoms with E-state index in [0.717, 1.165) is 17.8 Å². The Morgan fingerprint density at radius 1 is 1.25 bits per heavy atom. The zero-order valence-corrected chi connectivity index (χ0v) is 11.5. The average Bonchev–Trinajstić information content (AvgIpc) is 2.88. The molecule has 2 aromatic rings. The van der Waals surface area contributed by atoms with Crippen molar-refractivity contribution in [2.24, 2.45) is 11.8 Å². The smallest absolute Gasteiger partial charge is 0.326 e. The minimum absolute atomic E-state index is 0.270. The zero-order valence-electron chi connectivity index (χ0n) is 10.7. The van der Waals surface area contributed by atoms with Gasteiger partial charge in [-0.2, -0.15) is 0 Å². The molecule has 1 amide bonds. The van der Waals surface area contributed by atoms with Crippen molar-refractivity contribution in [3.63, 3.8) is 0 Å². The number of halogens is 1. The van der Waals surface area contributed by atoms with Crippen LogP contribution in [-0.4, -0.2) is 28.8 Å². The first kappa shape index (κ1) is 12.0. The second kappa shape index (κ2) is 4.12. The lowest BCUT2D eigenvalue weighted by Crippen LogP contribution is -2.32. The second-order valence-electron chi connectivity index (χ2n) is 5.62. The molecule has 20 heavy (non-hydrogen) atoms. The molecule has 0 spiro atoms. The molecule has 5 nitrogen and oxygen atoms in total. The van der Waals surface area contributed by atoms with Crippen molar-refractivity contribution in [2.45, 2.75) is 12.8 Å². The lowest BCUT2D eigenvalue weighted by molar-refractivity contribution is 0.177. The highest BCUT2D eigenvalue weighted by Crippen LogP contribution is 2.40. The number of aromatic nitrogens is 1. The predicted octanol–water partition coefficient (Wildman–Crippen LogP) is 2.56. The number of nitrogens with zero attached hydrogens (tertiary/aromatic N) is 2. The van der Waals surface area contributed by atoms with Gasteiger partial charge in [-0.15, -0.1) is 4.74 Å². The number of carbonyl (C=O) groups is 1. The lowest BCUT2D eigenvalue weighted by Gasteiger charge is -2.27. The van der Waals surface area contributed by atoms with Gasteiger partial charge in [-0.05, 0) is 42.9 Å². The molecular weight excluding hydrogens is 280 g/mol. The molecular formula is C14H13ClN2O3. The molecule has 1 aromatic carbocycles. The molecule has 6 heteroatoms. The number of hydrogen-bond acceptors (Lipinski definition) is 3. The monoisotopic (exact) mass is 292 g/mol. The maximum absolute atomic E-state index is 12.5. The third kappa shape index (κ3) is 1.62. The number of carbonyl (C=O) groups excluding carboxylic acids is 1. The molecule has 2 fully saturated rings. The summed E-state index contributed by atoms with van der Waals surface area (Å²) in [5, 5.41) is 0.853. The van der Waals surface area contributed by atoms with Crippen LogP contribution in [0.5, 0.6) is 0 Å². The summed E-state index contributed by atoms with van der Waals surface area (Å²) >= 11 is 5.94. The highest BCUT2D eigenvalue weighted by Gasteiger charge is 2.41. The first-order valence-corrected chi connectivity index (χ1v) is 7.12. The largest absolute Gasteiger partial charge is 0.366 e. The number of rotatable bonds is 0. The molecule has 2 unspecified atom stereocenters. The van der Waals surface area contributed by atoms with Crippen molar-refractivity contribution >= 4 is 28.5 Å². The minimum atomic E-state index is -0.507. The van der Waals surface area contributed by atoms with Gasteiger partial charge in [0, 0.05) is 18.1 Å². The van der Waals surface area contributed by atoms with Crippen molar-refractivity contribution in [1.29, 1.82) is 0 Å². The Kier molecular flexibility index (Phi) is 2.48. The summed E-state index contributed by atoms with van der Waals surface area (Å²) in [6.07, 6.45) is 2.38. The van der Waals surface area contributed by atoms with Crippen molar-refractivity contribution in [1.82, 2.24) is 9.64 Å². The van der Waals surface area contributed by atoms with Gasteiger partial charge >= 0.3 is 11.7 Å². The maximum Gasteiger partial charge on any atom is 0.366 e. The van der Waals surface area contributed by atoms with E-state index in [1.807, 2.05) is 0 Å². The summed E-state index contributed by atoms with van der Waals surface area (Å²) < 4.78 is 6.17. The number of hydrogen-bond donors (Lipinski definition) is 0. The standard InChI is InChI=1S/C14H13ClN2O3/c15-10-3-4-11-12(5-10)17(20-13(11)18)14(19)16-6-8-1-2-9(8)7-16/h3-5,8-9H,1-2,6-7H2. The van der Waals surface area contributed by atoms with Crippen LogP contribution in [0.3, 0.4) is 0 Å². The molecule has 104 valence electrons. The van der Waals surface area contributed by atoms with E-state index in [1.54, 1.807) is 23.1 Å². The van der Waals surface area contributed by atoms with Crippen molar-refractivity contribution < 1.29 is 9.32 Å². The molecule has 2 aliphatic rings. The van der Waals surface area contributed by atoms with Crippen LogP contribution >= 0.6 is 11.6 Å². The topological polar surface area (TPSA) is 55.5 Å². The highest BCUT2D eigenvalue weighted by atomic mass is 35.5. The van der Waals surface area contributed by atoms with E-state index in [1.165, 1.54) is 12.8 Å². The van der Waals surface area contributed by atoms with E-state index in [9.17, 15) is 9.59 Å². The summed E-state index contributed by atoms with van der Waals surface area (Å²) in [5.41, 5.74) is -0.0704. The summed E-state index contributed by atoms with van der Waals surface area (Å²) in [5.74, 6) is 1.24. The van der Waals surface area contributed by atoms with Crippen LogP contribution < -0.4 is 5.63 Å². The third-order valence-electron chi connectivity index (χ3n) is 4.50. The SMILES string of the molecule is O=C(N1CC2CCC2C1)n1oc(=O)c2ccc(Cl)cc21. The summed E-state index contributed by atoms with van der Waals surface area (Å²) in [4.78, 5) is 26.1. The van der Waals surface area contributed by atoms with E-state index in [2.05, 4.69) is 0 Å². The van der Waals surface area contributed by atoms with E-state index in [0.29, 0.717) is 27.8 Å². The third-order valence-corrected chi connectivity index (χ3v) is 4.74. The van der Waals surface area contributed by atoms with E-state index in [-0.39, 0.29) is 6.03 Å². The van der Waals surface area contributed by atoms with Gasteiger partial charge in [0.25, 0.3) is 0 Å². The highest BCUT2D eigenvalue weighted by molar-refractivity contribution is 6.31. The summed E-state index contributed by atoms with van der Waals surface area (Å²) in [6, 6.07) is 4.52. The van der Waals surface area contributed by atoms with Crippen LogP contribution in [0.25, 0.3) is 10.9 Å². The number of fused-ring (bicyclic) bond motifs is 2. The Hall–Kier alpha value is -1.75. The van der Waals surface area contributed by atoms with Gasteiger partial charge in [0.05, 0.1) is 5.39 Å². The van der Waals surface area contributed by atoms with Gasteiger partial charge in [-0.25, -0.2) is 9.59 Å². The Labute approximate surface area is 119 Å². The maximum atomic E-state index is 12.5. The van der Waals surface area contributed by atoms with Crippen LogP contribution in [0.15, 0.2) is 27.5 Å². The van der Waals surface area contributed by atoms with E-state index < -0.39 is 5.63 Å². The Morgan fingerprint density at radius 2 is 1.95 bits per heavy atom. The average molecular weight is 293 g/mol.